The highest BCUT2D eigenvalue weighted by Gasteiger charge is 2.17. The molecule has 2 rings (SSSR count). The van der Waals surface area contributed by atoms with Crippen LogP contribution in [0.2, 0.25) is 0 Å². The lowest BCUT2D eigenvalue weighted by Crippen LogP contribution is -2.13. The number of aromatic nitrogens is 2. The fourth-order valence-electron chi connectivity index (χ4n) is 1.68. The van der Waals surface area contributed by atoms with Crippen molar-refractivity contribution in [3.8, 4) is 0 Å². The number of hydrogen-bond donors (Lipinski definition) is 1. The van der Waals surface area contributed by atoms with Crippen molar-refractivity contribution in [2.45, 2.75) is 11.7 Å². The largest absolute Gasteiger partial charge is 0.481 e. The van der Waals surface area contributed by atoms with E-state index in [0.717, 1.165) is 11.8 Å². The highest BCUT2D eigenvalue weighted by molar-refractivity contribution is 9.10. The van der Waals surface area contributed by atoms with Crippen LogP contribution >= 0.6 is 27.7 Å². The van der Waals surface area contributed by atoms with E-state index in [1.165, 1.54) is 23.8 Å². The molecule has 0 unspecified atom stereocenters. The number of hydrogen-bond acceptors (Lipinski definition) is 5. The molecule has 0 saturated carbocycles. The van der Waals surface area contributed by atoms with E-state index in [9.17, 15) is 14.0 Å². The van der Waals surface area contributed by atoms with Crippen LogP contribution in [0.4, 0.5) is 4.39 Å². The quantitative estimate of drug-likeness (QED) is 0.636. The number of benzene rings is 1. The Kier molecular flexibility index (Phi) is 4.84. The number of aliphatic carboxylic acids is 1. The minimum Gasteiger partial charge on any atom is -0.481 e. The average Bonchev–Trinajstić information content (AvgIpc) is 2.74. The van der Waals surface area contributed by atoms with Crippen molar-refractivity contribution in [2.24, 2.45) is 0 Å². The number of fused-ring (bicyclic) bond motifs is 1. The Balaban J connectivity index is 2.51. The highest BCUT2D eigenvalue weighted by atomic mass is 79.9. The summed E-state index contributed by atoms with van der Waals surface area (Å²) in [5.41, 5.74) is 0.856. The van der Waals surface area contributed by atoms with Crippen LogP contribution in [0.25, 0.3) is 11.0 Å². The molecule has 1 heterocycles. The molecule has 1 aromatic carbocycles. The molecule has 0 atom stereocenters. The maximum absolute atomic E-state index is 13.7. The molecule has 0 amide bonds. The average molecular weight is 377 g/mol. The van der Waals surface area contributed by atoms with Crippen molar-refractivity contribution in [3.63, 3.8) is 0 Å². The molecular formula is C12H10BrFN2O4S. The van der Waals surface area contributed by atoms with Gasteiger partial charge in [-0.1, -0.05) is 11.8 Å². The first-order valence-electron chi connectivity index (χ1n) is 5.69. The monoisotopic (exact) mass is 376 g/mol. The second-order valence-electron chi connectivity index (χ2n) is 3.99. The zero-order valence-corrected chi connectivity index (χ0v) is 13.2. The maximum atomic E-state index is 13.7. The predicted molar refractivity (Wildman–Crippen MR) is 77.8 cm³/mol. The molecule has 2 aromatic rings. The molecule has 0 aliphatic rings. The summed E-state index contributed by atoms with van der Waals surface area (Å²) in [6.45, 7) is -0.171. The SMILES string of the molecule is COC(=O)Cn1c(SCC(=O)O)nc2cc(Br)c(F)cc21. The summed E-state index contributed by atoms with van der Waals surface area (Å²) in [5, 5.41) is 9.05. The van der Waals surface area contributed by atoms with Crippen LogP contribution < -0.4 is 0 Å². The van der Waals surface area contributed by atoms with E-state index in [1.807, 2.05) is 0 Å². The second kappa shape index (κ2) is 6.44. The maximum Gasteiger partial charge on any atom is 0.325 e. The minimum atomic E-state index is -1.01. The number of thioether (sulfide) groups is 1. The fraction of sp³-hybridized carbons (Fsp3) is 0.250. The summed E-state index contributed by atoms with van der Waals surface area (Å²) < 4.78 is 19.9. The van der Waals surface area contributed by atoms with Gasteiger partial charge in [-0.2, -0.15) is 0 Å². The number of carbonyl (C=O) groups excluding carboxylic acids is 1. The van der Waals surface area contributed by atoms with Crippen LogP contribution in [0.15, 0.2) is 21.8 Å². The summed E-state index contributed by atoms with van der Waals surface area (Å²) >= 11 is 4.01. The van der Waals surface area contributed by atoms with Crippen LogP contribution in [-0.4, -0.2) is 39.5 Å². The van der Waals surface area contributed by atoms with Crippen LogP contribution in [0, 0.1) is 5.82 Å². The standard InChI is InChI=1S/C12H10BrFN2O4S/c1-20-11(19)4-16-9-3-7(14)6(13)2-8(9)15-12(16)21-5-10(17)18/h2-3H,4-5H2,1H3,(H,17,18). The van der Waals surface area contributed by atoms with E-state index >= 15 is 0 Å². The van der Waals surface area contributed by atoms with Gasteiger partial charge in [0.2, 0.25) is 0 Å². The van der Waals surface area contributed by atoms with Crippen molar-refractivity contribution in [2.75, 3.05) is 12.9 Å². The molecular weight excluding hydrogens is 367 g/mol. The Bertz CT molecular complexity index is 719. The Labute approximate surface area is 131 Å². The van der Waals surface area contributed by atoms with Crippen LogP contribution in [0.3, 0.4) is 0 Å². The molecule has 6 nitrogen and oxygen atoms in total. The van der Waals surface area contributed by atoms with Crippen molar-refractivity contribution >= 4 is 50.7 Å². The second-order valence-corrected chi connectivity index (χ2v) is 5.79. The highest BCUT2D eigenvalue weighted by Crippen LogP contribution is 2.28. The van der Waals surface area contributed by atoms with E-state index in [4.69, 9.17) is 5.11 Å². The number of carbonyl (C=O) groups is 2. The zero-order valence-electron chi connectivity index (χ0n) is 10.8. The molecule has 21 heavy (non-hydrogen) atoms. The molecule has 0 aliphatic carbocycles. The molecule has 0 bridgehead atoms. The molecule has 0 spiro atoms. The van der Waals surface area contributed by atoms with E-state index in [2.05, 4.69) is 25.7 Å². The first-order chi connectivity index (χ1) is 9.92. The number of methoxy groups -OCH3 is 1. The number of imidazole rings is 1. The van der Waals surface area contributed by atoms with E-state index < -0.39 is 17.8 Å². The summed E-state index contributed by atoms with van der Waals surface area (Å²) in [7, 11) is 1.24. The van der Waals surface area contributed by atoms with Crippen LogP contribution in [-0.2, 0) is 20.9 Å². The van der Waals surface area contributed by atoms with Gasteiger partial charge in [0.05, 0.1) is 28.4 Å². The van der Waals surface area contributed by atoms with Gasteiger partial charge in [0.1, 0.15) is 12.4 Å². The zero-order chi connectivity index (χ0) is 15.6. The lowest BCUT2D eigenvalue weighted by Gasteiger charge is -2.06. The normalized spacial score (nSPS) is 10.8. The van der Waals surface area contributed by atoms with Gasteiger partial charge in [0.15, 0.2) is 5.16 Å². The summed E-state index contributed by atoms with van der Waals surface area (Å²) in [4.78, 5) is 26.4. The predicted octanol–water partition coefficient (Wildman–Crippen LogP) is 2.29. The summed E-state index contributed by atoms with van der Waals surface area (Å²) in [6.07, 6.45) is 0. The smallest absolute Gasteiger partial charge is 0.325 e. The lowest BCUT2D eigenvalue weighted by molar-refractivity contribution is -0.141. The van der Waals surface area contributed by atoms with Gasteiger partial charge in [0, 0.05) is 6.07 Å². The van der Waals surface area contributed by atoms with Gasteiger partial charge in [-0.25, -0.2) is 9.37 Å². The van der Waals surface area contributed by atoms with Crippen molar-refractivity contribution in [3.05, 3.63) is 22.4 Å². The third-order valence-electron chi connectivity index (χ3n) is 2.59. The molecule has 0 radical (unpaired) electrons. The van der Waals surface area contributed by atoms with Gasteiger partial charge in [-0.05, 0) is 22.0 Å². The van der Waals surface area contributed by atoms with Crippen LogP contribution in [0.5, 0.6) is 0 Å². The molecule has 0 aliphatic heterocycles. The van der Waals surface area contributed by atoms with Gasteiger partial charge >= 0.3 is 11.9 Å². The number of ether oxygens (including phenoxy) is 1. The van der Waals surface area contributed by atoms with Gasteiger partial charge < -0.3 is 14.4 Å². The van der Waals surface area contributed by atoms with Gasteiger partial charge in [0.25, 0.3) is 0 Å². The first-order valence-corrected chi connectivity index (χ1v) is 7.47. The molecule has 0 saturated heterocycles. The van der Waals surface area contributed by atoms with Crippen molar-refractivity contribution in [1.29, 1.82) is 0 Å². The number of rotatable bonds is 5. The molecule has 1 aromatic heterocycles. The van der Waals surface area contributed by atoms with Gasteiger partial charge in [-0.15, -0.1) is 0 Å². The molecule has 0 fully saturated rings. The first kappa shape index (κ1) is 15.8. The number of esters is 1. The topological polar surface area (TPSA) is 81.4 Å². The summed E-state index contributed by atoms with van der Waals surface area (Å²) in [6, 6.07) is 2.71. The van der Waals surface area contributed by atoms with E-state index in [-0.39, 0.29) is 16.8 Å². The molecule has 1 N–H and O–H groups in total. The Morgan fingerprint density at radius 1 is 1.52 bits per heavy atom. The van der Waals surface area contributed by atoms with Crippen molar-refractivity contribution in [1.82, 2.24) is 9.55 Å². The third-order valence-corrected chi connectivity index (χ3v) is 4.16. The Morgan fingerprint density at radius 2 is 2.24 bits per heavy atom. The third kappa shape index (κ3) is 3.53. The molecule has 9 heteroatoms. The summed E-state index contributed by atoms with van der Waals surface area (Å²) in [5.74, 6) is -2.25. The Morgan fingerprint density at radius 3 is 2.86 bits per heavy atom. The number of halogens is 2. The van der Waals surface area contributed by atoms with Crippen LogP contribution in [0.1, 0.15) is 0 Å². The fourth-order valence-corrected chi connectivity index (χ4v) is 2.75. The number of carboxylic acids is 1. The number of nitrogens with zero attached hydrogens (tertiary/aromatic N) is 2. The van der Waals surface area contributed by atoms with Gasteiger partial charge in [-0.3, -0.25) is 9.59 Å². The minimum absolute atomic E-state index is 0.171. The molecule has 112 valence electrons. The number of carboxylic acid groups (broad SMARTS) is 1. The van der Waals surface area contributed by atoms with E-state index in [1.54, 1.807) is 0 Å². The lowest BCUT2D eigenvalue weighted by atomic mass is 10.3. The van der Waals surface area contributed by atoms with E-state index in [0.29, 0.717) is 16.2 Å². The van der Waals surface area contributed by atoms with Crippen molar-refractivity contribution < 1.29 is 23.8 Å². The Hall–Kier alpha value is -1.61.